The molecule has 1 aromatic heterocycles. The number of aryl methyl sites for hydroxylation is 2. The molecule has 1 rings (SSSR count). The van der Waals surface area contributed by atoms with Crippen molar-refractivity contribution in [2.75, 3.05) is 6.61 Å². The van der Waals surface area contributed by atoms with Gasteiger partial charge in [0.05, 0.1) is 12.2 Å². The zero-order valence-electron chi connectivity index (χ0n) is 8.53. The summed E-state index contributed by atoms with van der Waals surface area (Å²) in [6, 6.07) is 1.54. The molecule has 0 spiro atoms. The van der Waals surface area contributed by atoms with E-state index in [1.165, 1.54) is 10.8 Å². The van der Waals surface area contributed by atoms with Crippen LogP contribution in [0.1, 0.15) is 22.8 Å². The molecular formula is C10H13NO3. The van der Waals surface area contributed by atoms with E-state index in [9.17, 15) is 9.59 Å². The lowest BCUT2D eigenvalue weighted by atomic mass is 10.2. The van der Waals surface area contributed by atoms with E-state index >= 15 is 0 Å². The molecule has 0 fully saturated rings. The Kier molecular flexibility index (Phi) is 3.06. The van der Waals surface area contributed by atoms with Gasteiger partial charge in [-0.05, 0) is 19.9 Å². The Bertz CT molecular complexity index is 380. The summed E-state index contributed by atoms with van der Waals surface area (Å²) >= 11 is 0. The van der Waals surface area contributed by atoms with Crippen LogP contribution in [0.15, 0.2) is 17.1 Å². The van der Waals surface area contributed by atoms with E-state index in [0.29, 0.717) is 17.7 Å². The monoisotopic (exact) mass is 195 g/mol. The average Bonchev–Trinajstić information content (AvgIpc) is 2.13. The molecule has 0 saturated heterocycles. The molecule has 0 bridgehead atoms. The maximum atomic E-state index is 11.3. The van der Waals surface area contributed by atoms with Crippen LogP contribution < -0.4 is 5.56 Å². The smallest absolute Gasteiger partial charge is 0.339 e. The zero-order chi connectivity index (χ0) is 10.7. The van der Waals surface area contributed by atoms with Gasteiger partial charge >= 0.3 is 5.97 Å². The van der Waals surface area contributed by atoms with Crippen LogP contribution in [0.25, 0.3) is 0 Å². The van der Waals surface area contributed by atoms with Gasteiger partial charge in [0, 0.05) is 18.8 Å². The molecule has 0 atom stereocenters. The van der Waals surface area contributed by atoms with Crippen LogP contribution in [0.4, 0.5) is 0 Å². The molecule has 1 heterocycles. The summed E-state index contributed by atoms with van der Waals surface area (Å²) in [4.78, 5) is 22.6. The van der Waals surface area contributed by atoms with Crippen molar-refractivity contribution in [1.82, 2.24) is 4.57 Å². The van der Waals surface area contributed by atoms with Crippen molar-refractivity contribution in [3.8, 4) is 0 Å². The first kappa shape index (κ1) is 10.5. The predicted molar refractivity (Wildman–Crippen MR) is 52.4 cm³/mol. The lowest BCUT2D eigenvalue weighted by Gasteiger charge is -2.04. The fourth-order valence-electron chi connectivity index (χ4n) is 1.20. The fraction of sp³-hybridized carbons (Fsp3) is 0.400. The number of hydrogen-bond acceptors (Lipinski definition) is 3. The molecule has 0 amide bonds. The van der Waals surface area contributed by atoms with Gasteiger partial charge in [-0.15, -0.1) is 0 Å². The van der Waals surface area contributed by atoms with Gasteiger partial charge in [0.25, 0.3) is 5.56 Å². The SMILES string of the molecule is CCOC(=O)c1cc(C)c(=O)n(C)c1. The molecule has 0 radical (unpaired) electrons. The number of aromatic nitrogens is 1. The Hall–Kier alpha value is -1.58. The molecule has 0 N–H and O–H groups in total. The van der Waals surface area contributed by atoms with Crippen LogP contribution in [0.2, 0.25) is 0 Å². The first-order chi connectivity index (χ1) is 6.56. The Morgan fingerprint density at radius 2 is 2.21 bits per heavy atom. The van der Waals surface area contributed by atoms with Gasteiger partial charge in [-0.25, -0.2) is 4.79 Å². The zero-order valence-corrected chi connectivity index (χ0v) is 8.53. The average molecular weight is 195 g/mol. The van der Waals surface area contributed by atoms with Crippen molar-refractivity contribution < 1.29 is 9.53 Å². The van der Waals surface area contributed by atoms with E-state index in [4.69, 9.17) is 4.74 Å². The molecule has 0 unspecified atom stereocenters. The predicted octanol–water partition coefficient (Wildman–Crippen LogP) is 0.870. The molecule has 0 aliphatic rings. The molecule has 4 heteroatoms. The minimum absolute atomic E-state index is 0.0990. The van der Waals surface area contributed by atoms with Gasteiger partial charge in [-0.1, -0.05) is 0 Å². The van der Waals surface area contributed by atoms with Gasteiger partial charge in [0.1, 0.15) is 0 Å². The van der Waals surface area contributed by atoms with Crippen molar-refractivity contribution in [2.45, 2.75) is 13.8 Å². The summed E-state index contributed by atoms with van der Waals surface area (Å²) < 4.78 is 6.20. The number of ether oxygens (including phenoxy) is 1. The van der Waals surface area contributed by atoms with Crippen LogP contribution in [0.3, 0.4) is 0 Å². The summed E-state index contributed by atoms with van der Waals surface area (Å²) in [7, 11) is 1.61. The van der Waals surface area contributed by atoms with Crippen LogP contribution >= 0.6 is 0 Å². The largest absolute Gasteiger partial charge is 0.462 e. The number of rotatable bonds is 2. The molecule has 4 nitrogen and oxygen atoms in total. The highest BCUT2D eigenvalue weighted by molar-refractivity contribution is 5.89. The molecular weight excluding hydrogens is 182 g/mol. The minimum Gasteiger partial charge on any atom is -0.462 e. The van der Waals surface area contributed by atoms with E-state index in [2.05, 4.69) is 0 Å². The molecule has 0 aliphatic carbocycles. The highest BCUT2D eigenvalue weighted by atomic mass is 16.5. The van der Waals surface area contributed by atoms with E-state index in [1.54, 1.807) is 27.0 Å². The van der Waals surface area contributed by atoms with E-state index < -0.39 is 5.97 Å². The molecule has 1 aromatic rings. The van der Waals surface area contributed by atoms with Crippen molar-refractivity contribution in [1.29, 1.82) is 0 Å². The summed E-state index contributed by atoms with van der Waals surface area (Å²) in [5, 5.41) is 0. The second-order valence-corrected chi connectivity index (χ2v) is 3.05. The highest BCUT2D eigenvalue weighted by Crippen LogP contribution is 2.01. The van der Waals surface area contributed by atoms with Crippen LogP contribution in [-0.4, -0.2) is 17.1 Å². The van der Waals surface area contributed by atoms with E-state index in [1.807, 2.05) is 0 Å². The first-order valence-electron chi connectivity index (χ1n) is 4.40. The Labute approximate surface area is 82.1 Å². The summed E-state index contributed by atoms with van der Waals surface area (Å²) in [6.07, 6.45) is 1.48. The van der Waals surface area contributed by atoms with Gasteiger partial charge in [-0.2, -0.15) is 0 Å². The van der Waals surface area contributed by atoms with Gasteiger partial charge in [-0.3, -0.25) is 4.79 Å². The molecule has 0 saturated carbocycles. The first-order valence-corrected chi connectivity index (χ1v) is 4.40. The minimum atomic E-state index is -0.397. The molecule has 0 aliphatic heterocycles. The number of pyridine rings is 1. The van der Waals surface area contributed by atoms with Crippen molar-refractivity contribution in [2.24, 2.45) is 7.05 Å². The third kappa shape index (κ3) is 2.02. The lowest BCUT2D eigenvalue weighted by molar-refractivity contribution is 0.0525. The van der Waals surface area contributed by atoms with Crippen LogP contribution in [-0.2, 0) is 11.8 Å². The Morgan fingerprint density at radius 1 is 1.57 bits per heavy atom. The van der Waals surface area contributed by atoms with Gasteiger partial charge < -0.3 is 9.30 Å². The number of carbonyl (C=O) groups is 1. The topological polar surface area (TPSA) is 48.3 Å². The fourth-order valence-corrected chi connectivity index (χ4v) is 1.20. The third-order valence-electron chi connectivity index (χ3n) is 1.87. The Morgan fingerprint density at radius 3 is 2.71 bits per heavy atom. The normalized spacial score (nSPS) is 9.93. The Balaban J connectivity index is 3.13. The number of carbonyl (C=O) groups excluding carboxylic acids is 1. The van der Waals surface area contributed by atoms with Crippen LogP contribution in [0, 0.1) is 6.92 Å². The standard InChI is InChI=1S/C10H13NO3/c1-4-14-10(13)8-5-7(2)9(12)11(3)6-8/h5-6H,4H2,1-3H3. The van der Waals surface area contributed by atoms with E-state index in [0.717, 1.165) is 0 Å². The number of esters is 1. The maximum Gasteiger partial charge on any atom is 0.339 e. The molecule has 0 aromatic carbocycles. The third-order valence-corrected chi connectivity index (χ3v) is 1.87. The van der Waals surface area contributed by atoms with E-state index in [-0.39, 0.29) is 5.56 Å². The summed E-state index contributed by atoms with van der Waals surface area (Å²) in [5.41, 5.74) is 0.850. The summed E-state index contributed by atoms with van der Waals surface area (Å²) in [5.74, 6) is -0.397. The molecule has 76 valence electrons. The number of nitrogens with zero attached hydrogens (tertiary/aromatic N) is 1. The summed E-state index contributed by atoms with van der Waals surface area (Å²) in [6.45, 7) is 3.75. The second-order valence-electron chi connectivity index (χ2n) is 3.05. The second kappa shape index (κ2) is 4.09. The quantitative estimate of drug-likeness (QED) is 0.658. The maximum absolute atomic E-state index is 11.3. The van der Waals surface area contributed by atoms with Crippen molar-refractivity contribution >= 4 is 5.97 Å². The van der Waals surface area contributed by atoms with Crippen molar-refractivity contribution in [3.63, 3.8) is 0 Å². The molecule has 14 heavy (non-hydrogen) atoms. The lowest BCUT2D eigenvalue weighted by Crippen LogP contribution is -2.21. The van der Waals surface area contributed by atoms with Crippen molar-refractivity contribution in [3.05, 3.63) is 33.7 Å². The van der Waals surface area contributed by atoms with Gasteiger partial charge in [0.2, 0.25) is 0 Å². The highest BCUT2D eigenvalue weighted by Gasteiger charge is 2.08. The van der Waals surface area contributed by atoms with Gasteiger partial charge in [0.15, 0.2) is 0 Å². The number of hydrogen-bond donors (Lipinski definition) is 0. The van der Waals surface area contributed by atoms with Crippen LogP contribution in [0.5, 0.6) is 0 Å².